The summed E-state index contributed by atoms with van der Waals surface area (Å²) in [5.74, 6) is 0. The molecule has 1 heteroatoms. The number of nitrogens with zero attached hydrogens (tertiary/aromatic N) is 1. The molecule has 0 unspecified atom stereocenters. The highest BCUT2D eigenvalue weighted by molar-refractivity contribution is 6.22. The SMILES string of the molecule is c1ccc(-c2cccc(-c3ccccc3)c2N(c2ccccc2-c2ccc3c(c2)c(-c2ccccc2)c(-c2ccccc2)c2ccccc23)c2c(-c3ccccc3)cccc2-c2ccccc2)cc1. The van der Waals surface area contributed by atoms with Crippen LogP contribution in [0.2, 0.25) is 0 Å². The van der Waals surface area contributed by atoms with Crippen LogP contribution in [0.1, 0.15) is 0 Å². The summed E-state index contributed by atoms with van der Waals surface area (Å²) in [6.45, 7) is 0. The van der Waals surface area contributed by atoms with Gasteiger partial charge in [0.15, 0.2) is 0 Å². The largest absolute Gasteiger partial charge is 0.307 e. The van der Waals surface area contributed by atoms with Gasteiger partial charge in [-0.3, -0.25) is 0 Å². The van der Waals surface area contributed by atoms with Gasteiger partial charge in [-0.25, -0.2) is 0 Å². The van der Waals surface area contributed by atoms with Crippen LogP contribution >= 0.6 is 0 Å². The highest BCUT2D eigenvalue weighted by atomic mass is 15.2. The number of anilines is 3. The van der Waals surface area contributed by atoms with Crippen LogP contribution in [0.5, 0.6) is 0 Å². The summed E-state index contributed by atoms with van der Waals surface area (Å²) < 4.78 is 0. The Morgan fingerprint density at radius 3 is 0.942 bits per heavy atom. The molecule has 0 radical (unpaired) electrons. The van der Waals surface area contributed by atoms with Crippen LogP contribution in [0.4, 0.5) is 17.1 Å². The van der Waals surface area contributed by atoms with Gasteiger partial charge >= 0.3 is 0 Å². The van der Waals surface area contributed by atoms with Gasteiger partial charge in [0.1, 0.15) is 0 Å². The zero-order valence-corrected chi connectivity index (χ0v) is 38.1. The fourth-order valence-corrected chi connectivity index (χ4v) is 10.4. The van der Waals surface area contributed by atoms with Crippen LogP contribution in [-0.4, -0.2) is 0 Å². The summed E-state index contributed by atoms with van der Waals surface area (Å²) in [7, 11) is 0. The van der Waals surface area contributed by atoms with Gasteiger partial charge in [0.25, 0.3) is 0 Å². The van der Waals surface area contributed by atoms with Crippen LogP contribution in [0.3, 0.4) is 0 Å². The first-order valence-corrected chi connectivity index (χ1v) is 23.8. The van der Waals surface area contributed by atoms with Crippen molar-refractivity contribution in [2.75, 3.05) is 4.90 Å². The lowest BCUT2D eigenvalue weighted by atomic mass is 9.84. The standard InChI is InChI=1S/C68H47N/c1-7-25-48(26-8-1)56-40-23-41-57(49-27-9-2-10-28-49)67(56)69(68-58(50-29-11-3-12-30-50)42-24-43-59(68)51-31-13-4-14-32-51)64-44-22-21-37-55(64)54-45-46-61-60-38-19-20-39-62(60)65(52-33-15-5-16-34-52)66(63(61)47-54)53-35-17-6-18-36-53/h1-47H. The quantitative estimate of drug-likeness (QED) is 0.124. The Labute approximate surface area is 404 Å². The molecule has 0 aliphatic heterocycles. The van der Waals surface area contributed by atoms with Crippen molar-refractivity contribution in [3.8, 4) is 77.9 Å². The minimum Gasteiger partial charge on any atom is -0.307 e. The fourth-order valence-electron chi connectivity index (χ4n) is 10.4. The Bertz CT molecular complexity index is 3490. The third-order valence-electron chi connectivity index (χ3n) is 13.5. The Balaban J connectivity index is 1.22. The van der Waals surface area contributed by atoms with Crippen molar-refractivity contribution in [3.63, 3.8) is 0 Å². The summed E-state index contributed by atoms with van der Waals surface area (Å²) in [4.78, 5) is 2.59. The maximum absolute atomic E-state index is 2.59. The first-order valence-electron chi connectivity index (χ1n) is 23.8. The van der Waals surface area contributed by atoms with Gasteiger partial charge in [-0.05, 0) is 83.7 Å². The minimum absolute atomic E-state index is 1.07. The predicted molar refractivity (Wildman–Crippen MR) is 294 cm³/mol. The molecule has 69 heavy (non-hydrogen) atoms. The molecular formula is C68H47N. The van der Waals surface area contributed by atoms with Gasteiger partial charge in [-0.15, -0.1) is 0 Å². The fraction of sp³-hybridized carbons (Fsp3) is 0. The summed E-state index contributed by atoms with van der Waals surface area (Å²) in [5, 5.41) is 4.91. The third kappa shape index (κ3) is 7.67. The number of para-hydroxylation sites is 3. The van der Waals surface area contributed by atoms with E-state index in [1.165, 1.54) is 43.8 Å². The highest BCUT2D eigenvalue weighted by Crippen LogP contribution is 2.54. The lowest BCUT2D eigenvalue weighted by Gasteiger charge is -2.35. The average molecular weight is 878 g/mol. The molecule has 0 spiro atoms. The van der Waals surface area contributed by atoms with Crippen LogP contribution in [-0.2, 0) is 0 Å². The lowest BCUT2D eigenvalue weighted by Crippen LogP contribution is -2.16. The van der Waals surface area contributed by atoms with Gasteiger partial charge in [0.2, 0.25) is 0 Å². The van der Waals surface area contributed by atoms with Crippen LogP contribution in [0.25, 0.3) is 99.4 Å². The number of hydrogen-bond donors (Lipinski definition) is 0. The van der Waals surface area contributed by atoms with E-state index in [0.29, 0.717) is 0 Å². The number of hydrogen-bond acceptors (Lipinski definition) is 1. The van der Waals surface area contributed by atoms with E-state index in [1.807, 2.05) is 0 Å². The Morgan fingerprint density at radius 2 is 0.507 bits per heavy atom. The summed E-state index contributed by atoms with van der Waals surface area (Å²) in [6.07, 6.45) is 0. The Morgan fingerprint density at radius 1 is 0.188 bits per heavy atom. The molecule has 0 amide bonds. The molecule has 0 heterocycles. The molecular weight excluding hydrogens is 831 g/mol. The van der Waals surface area contributed by atoms with Crippen molar-refractivity contribution >= 4 is 38.6 Å². The van der Waals surface area contributed by atoms with E-state index < -0.39 is 0 Å². The van der Waals surface area contributed by atoms with Crippen LogP contribution in [0.15, 0.2) is 285 Å². The second-order valence-corrected chi connectivity index (χ2v) is 17.5. The number of benzene rings is 12. The molecule has 0 aliphatic rings. The molecule has 12 aromatic carbocycles. The Kier molecular flexibility index (Phi) is 11.0. The highest BCUT2D eigenvalue weighted by Gasteiger charge is 2.29. The maximum Gasteiger partial charge on any atom is 0.0619 e. The van der Waals surface area contributed by atoms with E-state index in [-0.39, 0.29) is 0 Å². The van der Waals surface area contributed by atoms with Crippen molar-refractivity contribution in [1.82, 2.24) is 0 Å². The van der Waals surface area contributed by atoms with E-state index in [1.54, 1.807) is 0 Å². The van der Waals surface area contributed by atoms with E-state index in [0.717, 1.165) is 72.7 Å². The van der Waals surface area contributed by atoms with Gasteiger partial charge in [-0.2, -0.15) is 0 Å². The molecule has 0 aliphatic carbocycles. The lowest BCUT2D eigenvalue weighted by molar-refractivity contribution is 1.28. The molecule has 0 atom stereocenters. The molecule has 0 bridgehead atoms. The molecule has 0 saturated heterocycles. The van der Waals surface area contributed by atoms with Crippen LogP contribution < -0.4 is 4.90 Å². The second kappa shape index (κ2) is 18.3. The van der Waals surface area contributed by atoms with Crippen molar-refractivity contribution in [3.05, 3.63) is 285 Å². The number of rotatable bonds is 10. The average Bonchev–Trinajstić information content (AvgIpc) is 3.44. The maximum atomic E-state index is 2.59. The Hall–Kier alpha value is -9.04. The summed E-state index contributed by atoms with van der Waals surface area (Å²) in [5.41, 5.74) is 19.5. The molecule has 12 aromatic rings. The molecule has 1 nitrogen and oxygen atoms in total. The van der Waals surface area contributed by atoms with E-state index >= 15 is 0 Å². The monoisotopic (exact) mass is 877 g/mol. The van der Waals surface area contributed by atoms with Crippen LogP contribution in [0, 0.1) is 0 Å². The van der Waals surface area contributed by atoms with E-state index in [4.69, 9.17) is 0 Å². The van der Waals surface area contributed by atoms with E-state index in [9.17, 15) is 0 Å². The minimum atomic E-state index is 1.07. The second-order valence-electron chi connectivity index (χ2n) is 17.5. The van der Waals surface area contributed by atoms with Gasteiger partial charge < -0.3 is 4.90 Å². The van der Waals surface area contributed by atoms with Gasteiger partial charge in [0, 0.05) is 27.8 Å². The molecule has 0 N–H and O–H groups in total. The smallest absolute Gasteiger partial charge is 0.0619 e. The third-order valence-corrected chi connectivity index (χ3v) is 13.5. The molecule has 0 aromatic heterocycles. The molecule has 0 fully saturated rings. The normalized spacial score (nSPS) is 11.2. The summed E-state index contributed by atoms with van der Waals surface area (Å²) >= 11 is 0. The predicted octanol–water partition coefficient (Wildman–Crippen LogP) is 19.1. The first-order chi connectivity index (χ1) is 34.3. The zero-order chi connectivity index (χ0) is 45.9. The zero-order valence-electron chi connectivity index (χ0n) is 38.1. The van der Waals surface area contributed by atoms with Crippen molar-refractivity contribution in [2.45, 2.75) is 0 Å². The van der Waals surface area contributed by atoms with Gasteiger partial charge in [0.05, 0.1) is 17.1 Å². The molecule has 12 rings (SSSR count). The molecule has 0 saturated carbocycles. The van der Waals surface area contributed by atoms with Crippen molar-refractivity contribution in [2.24, 2.45) is 0 Å². The number of fused-ring (bicyclic) bond motifs is 3. The van der Waals surface area contributed by atoms with Crippen molar-refractivity contribution in [1.29, 1.82) is 0 Å². The summed E-state index contributed by atoms with van der Waals surface area (Å²) in [6, 6.07) is 104. The first kappa shape index (κ1) is 41.4. The van der Waals surface area contributed by atoms with Crippen molar-refractivity contribution < 1.29 is 0 Å². The van der Waals surface area contributed by atoms with E-state index in [2.05, 4.69) is 290 Å². The van der Waals surface area contributed by atoms with Gasteiger partial charge in [-0.1, -0.05) is 273 Å². The molecule has 324 valence electrons. The topological polar surface area (TPSA) is 3.24 Å².